The molecule has 3 rings (SSSR count). The van der Waals surface area contributed by atoms with E-state index in [1.807, 2.05) is 0 Å². The minimum atomic E-state index is -0.943. The maximum atomic E-state index is 12.1. The lowest BCUT2D eigenvalue weighted by Gasteiger charge is -2.36. The van der Waals surface area contributed by atoms with Gasteiger partial charge < -0.3 is 9.84 Å². The van der Waals surface area contributed by atoms with Crippen LogP contribution in [0.2, 0.25) is 0 Å². The van der Waals surface area contributed by atoms with Crippen molar-refractivity contribution in [3.05, 3.63) is 29.3 Å². The zero-order valence-electron chi connectivity index (χ0n) is 11.3. The average molecular weight is 291 g/mol. The number of benzene rings is 1. The largest absolute Gasteiger partial charge is 0.495 e. The zero-order valence-corrected chi connectivity index (χ0v) is 12.2. The Kier molecular flexibility index (Phi) is 3.31. The number of nitriles is 1. The van der Waals surface area contributed by atoms with Gasteiger partial charge in [0.1, 0.15) is 11.8 Å². The van der Waals surface area contributed by atoms with Crippen LogP contribution in [-0.4, -0.2) is 26.9 Å². The summed E-state index contributed by atoms with van der Waals surface area (Å²) >= 11 is 0. The molecule has 0 aromatic heterocycles. The molecule has 0 saturated carbocycles. The van der Waals surface area contributed by atoms with Gasteiger partial charge >= 0.3 is 0 Å². The smallest absolute Gasteiger partial charge is 0.136 e. The Morgan fingerprint density at radius 1 is 1.40 bits per heavy atom. The van der Waals surface area contributed by atoms with E-state index in [0.717, 1.165) is 18.4 Å². The van der Waals surface area contributed by atoms with E-state index in [-0.39, 0.29) is 10.5 Å². The second-order valence-electron chi connectivity index (χ2n) is 5.62. The van der Waals surface area contributed by atoms with Crippen molar-refractivity contribution < 1.29 is 14.1 Å². The van der Waals surface area contributed by atoms with Gasteiger partial charge in [-0.2, -0.15) is 5.26 Å². The summed E-state index contributed by atoms with van der Waals surface area (Å²) in [5.74, 6) is 0.484. The quantitative estimate of drug-likeness (QED) is 0.902. The summed E-state index contributed by atoms with van der Waals surface area (Å²) < 4.78 is 17.3. The van der Waals surface area contributed by atoms with E-state index in [9.17, 15) is 9.32 Å². The fourth-order valence-corrected chi connectivity index (χ4v) is 5.55. The van der Waals surface area contributed by atoms with Crippen LogP contribution in [-0.2, 0) is 16.4 Å². The summed E-state index contributed by atoms with van der Waals surface area (Å²) in [5, 5.41) is 20.2. The molecule has 4 nitrogen and oxygen atoms in total. The average Bonchev–Trinajstić information content (AvgIpc) is 2.69. The van der Waals surface area contributed by atoms with E-state index in [2.05, 4.69) is 6.07 Å². The number of hydrogen-bond acceptors (Lipinski definition) is 4. The predicted molar refractivity (Wildman–Crippen MR) is 75.8 cm³/mol. The summed E-state index contributed by atoms with van der Waals surface area (Å²) in [6.07, 6.45) is 2.94. The van der Waals surface area contributed by atoms with Gasteiger partial charge in [-0.3, -0.25) is 4.21 Å². The molecule has 2 unspecified atom stereocenters. The Morgan fingerprint density at radius 3 is 2.60 bits per heavy atom. The molecule has 1 aromatic rings. The van der Waals surface area contributed by atoms with E-state index < -0.39 is 16.4 Å². The van der Waals surface area contributed by atoms with Crippen LogP contribution in [0.3, 0.4) is 0 Å². The van der Waals surface area contributed by atoms with Crippen LogP contribution < -0.4 is 4.74 Å². The highest BCUT2D eigenvalue weighted by atomic mass is 32.2. The highest BCUT2D eigenvalue weighted by Gasteiger charge is 2.48. The Hall–Kier alpha value is -1.38. The Labute approximate surface area is 120 Å². The number of fused-ring (bicyclic) bond motifs is 2. The normalized spacial score (nSPS) is 35.5. The van der Waals surface area contributed by atoms with Gasteiger partial charge in [-0.05, 0) is 43.4 Å². The number of rotatable bonds is 2. The fourth-order valence-electron chi connectivity index (χ4n) is 3.39. The molecule has 5 heteroatoms. The molecule has 2 saturated heterocycles. The third-order valence-corrected chi connectivity index (χ3v) is 6.58. The molecule has 2 bridgehead atoms. The van der Waals surface area contributed by atoms with Crippen LogP contribution >= 0.6 is 0 Å². The molecule has 2 aliphatic heterocycles. The van der Waals surface area contributed by atoms with E-state index in [1.54, 1.807) is 18.2 Å². The van der Waals surface area contributed by atoms with Crippen molar-refractivity contribution in [2.75, 3.05) is 7.11 Å². The summed E-state index contributed by atoms with van der Waals surface area (Å²) in [6, 6.07) is 7.28. The first kappa shape index (κ1) is 13.6. The molecule has 1 N–H and O–H groups in total. The Morgan fingerprint density at radius 2 is 2.05 bits per heavy atom. The maximum Gasteiger partial charge on any atom is 0.136 e. The molecule has 20 heavy (non-hydrogen) atoms. The van der Waals surface area contributed by atoms with Gasteiger partial charge in [0.05, 0.1) is 18.3 Å². The van der Waals surface area contributed by atoms with Crippen LogP contribution in [0.5, 0.6) is 5.75 Å². The van der Waals surface area contributed by atoms with E-state index in [4.69, 9.17) is 10.00 Å². The van der Waals surface area contributed by atoms with Crippen molar-refractivity contribution >= 4 is 10.8 Å². The van der Waals surface area contributed by atoms with Gasteiger partial charge in [-0.15, -0.1) is 0 Å². The minimum absolute atomic E-state index is 0.0976. The minimum Gasteiger partial charge on any atom is -0.495 e. The first-order valence-electron chi connectivity index (χ1n) is 6.78. The lowest BCUT2D eigenvalue weighted by Crippen LogP contribution is -2.40. The summed E-state index contributed by atoms with van der Waals surface area (Å²) in [5.41, 5.74) is 0.283. The van der Waals surface area contributed by atoms with Gasteiger partial charge in [-0.1, -0.05) is 6.07 Å². The molecule has 2 heterocycles. The molecule has 0 spiro atoms. The van der Waals surface area contributed by atoms with Crippen LogP contribution in [0, 0.1) is 11.3 Å². The molecule has 2 atom stereocenters. The van der Waals surface area contributed by atoms with E-state index in [0.29, 0.717) is 24.2 Å². The van der Waals surface area contributed by atoms with Gasteiger partial charge in [0.25, 0.3) is 0 Å². The van der Waals surface area contributed by atoms with Crippen molar-refractivity contribution in [3.8, 4) is 11.8 Å². The highest BCUT2D eigenvalue weighted by Crippen LogP contribution is 2.46. The molecule has 2 aliphatic rings. The number of nitrogens with zero attached hydrogens (tertiary/aromatic N) is 1. The van der Waals surface area contributed by atoms with E-state index >= 15 is 0 Å². The standard InChI is InChI=1S/C15H17NO3S/c1-19-14-6-11(3-2-10(14)9-16)15(17)7-12-4-5-13(8-15)20(12)18/h2-3,6,12-13,17H,4-5,7-8H2,1H3. The monoisotopic (exact) mass is 291 g/mol. The first-order chi connectivity index (χ1) is 9.57. The molecule has 0 radical (unpaired) electrons. The second-order valence-corrected chi connectivity index (χ2v) is 7.61. The van der Waals surface area contributed by atoms with Gasteiger partial charge in [-0.25, -0.2) is 0 Å². The number of ether oxygens (including phenoxy) is 1. The molecule has 0 amide bonds. The fraction of sp³-hybridized carbons (Fsp3) is 0.533. The molecule has 0 aliphatic carbocycles. The highest BCUT2D eigenvalue weighted by molar-refractivity contribution is 7.86. The summed E-state index contributed by atoms with van der Waals surface area (Å²) in [7, 11) is 0.722. The third kappa shape index (κ3) is 2.04. The number of hydrogen-bond donors (Lipinski definition) is 1. The van der Waals surface area contributed by atoms with Gasteiger partial charge in [0, 0.05) is 21.3 Å². The van der Waals surface area contributed by atoms with Crippen LogP contribution in [0.1, 0.15) is 36.8 Å². The molecular formula is C15H17NO3S. The van der Waals surface area contributed by atoms with Gasteiger partial charge in [0.15, 0.2) is 0 Å². The third-order valence-electron chi connectivity index (χ3n) is 4.46. The summed E-state index contributed by atoms with van der Waals surface area (Å²) in [4.78, 5) is 0. The number of aliphatic hydroxyl groups is 1. The van der Waals surface area contributed by atoms with Crippen molar-refractivity contribution in [3.63, 3.8) is 0 Å². The summed E-state index contributed by atoms with van der Waals surface area (Å²) in [6.45, 7) is 0. The van der Waals surface area contributed by atoms with Crippen molar-refractivity contribution in [1.29, 1.82) is 5.26 Å². The topological polar surface area (TPSA) is 70.3 Å². The first-order valence-corrected chi connectivity index (χ1v) is 8.05. The molecule has 2 fully saturated rings. The Balaban J connectivity index is 1.97. The molecule has 1 aromatic carbocycles. The van der Waals surface area contributed by atoms with Crippen molar-refractivity contribution in [2.24, 2.45) is 0 Å². The molecular weight excluding hydrogens is 274 g/mol. The molecule has 106 valence electrons. The van der Waals surface area contributed by atoms with Crippen LogP contribution in [0.15, 0.2) is 18.2 Å². The van der Waals surface area contributed by atoms with E-state index in [1.165, 1.54) is 7.11 Å². The number of methoxy groups -OCH3 is 1. The SMILES string of the molecule is COc1cc(C2(O)CC3CCC(C2)S3=O)ccc1C#N. The lowest BCUT2D eigenvalue weighted by atomic mass is 9.85. The zero-order chi connectivity index (χ0) is 14.3. The van der Waals surface area contributed by atoms with Crippen LogP contribution in [0.4, 0.5) is 0 Å². The van der Waals surface area contributed by atoms with Crippen molar-refractivity contribution in [1.82, 2.24) is 0 Å². The van der Waals surface area contributed by atoms with Crippen LogP contribution in [0.25, 0.3) is 0 Å². The second kappa shape index (κ2) is 4.87. The lowest BCUT2D eigenvalue weighted by molar-refractivity contribution is 0.0183. The van der Waals surface area contributed by atoms with Crippen molar-refractivity contribution in [2.45, 2.75) is 41.8 Å². The predicted octanol–water partition coefficient (Wildman–Crippen LogP) is 1.83. The van der Waals surface area contributed by atoms with Gasteiger partial charge in [0.2, 0.25) is 0 Å². The maximum absolute atomic E-state index is 12.1. The Bertz CT molecular complexity index is 592.